The van der Waals surface area contributed by atoms with E-state index >= 15 is 0 Å². The molecule has 6 nitrogen and oxygen atoms in total. The van der Waals surface area contributed by atoms with E-state index in [2.05, 4.69) is 34.3 Å². The van der Waals surface area contributed by atoms with Crippen molar-refractivity contribution in [3.05, 3.63) is 5.82 Å². The lowest BCUT2D eigenvalue weighted by Gasteiger charge is -2.38. The lowest BCUT2D eigenvalue weighted by atomic mass is 9.91. The van der Waals surface area contributed by atoms with E-state index in [1.165, 1.54) is 12.8 Å². The van der Waals surface area contributed by atoms with Crippen LogP contribution in [0.4, 0.5) is 0 Å². The number of aliphatic hydroxyl groups excluding tert-OH is 1. The summed E-state index contributed by atoms with van der Waals surface area (Å²) in [5.74, 6) is 1.45. The van der Waals surface area contributed by atoms with Crippen LogP contribution in [0.2, 0.25) is 0 Å². The van der Waals surface area contributed by atoms with Gasteiger partial charge in [-0.25, -0.2) is 4.68 Å². The van der Waals surface area contributed by atoms with Crippen molar-refractivity contribution < 1.29 is 5.11 Å². The maximum atomic E-state index is 9.53. The van der Waals surface area contributed by atoms with Gasteiger partial charge in [0.1, 0.15) is 0 Å². The molecule has 2 atom stereocenters. The fourth-order valence-electron chi connectivity index (χ4n) is 2.73. The lowest BCUT2D eigenvalue weighted by molar-refractivity contribution is 0.0443. The highest BCUT2D eigenvalue weighted by Gasteiger charge is 2.28. The zero-order valence-corrected chi connectivity index (χ0v) is 11.3. The van der Waals surface area contributed by atoms with Gasteiger partial charge in [-0.2, -0.15) is 0 Å². The highest BCUT2D eigenvalue weighted by molar-refractivity contribution is 4.87. The van der Waals surface area contributed by atoms with Crippen molar-refractivity contribution in [2.75, 3.05) is 13.2 Å². The van der Waals surface area contributed by atoms with Gasteiger partial charge in [-0.15, -0.1) is 5.10 Å². The molecule has 1 N–H and O–H groups in total. The van der Waals surface area contributed by atoms with Crippen molar-refractivity contribution in [3.8, 4) is 0 Å². The summed E-state index contributed by atoms with van der Waals surface area (Å²) in [6.07, 6.45) is 3.41. The van der Waals surface area contributed by atoms with E-state index in [1.54, 1.807) is 0 Å². The molecule has 0 bridgehead atoms. The third-order valence-electron chi connectivity index (χ3n) is 3.80. The molecule has 1 aromatic heterocycles. The summed E-state index contributed by atoms with van der Waals surface area (Å²) in [5.41, 5.74) is 0. The number of piperidine rings is 1. The van der Waals surface area contributed by atoms with Crippen LogP contribution in [0.5, 0.6) is 0 Å². The predicted octanol–water partition coefficient (Wildman–Crippen LogP) is 0.676. The zero-order valence-electron chi connectivity index (χ0n) is 11.3. The SMILES string of the molecule is CCCn1nnnc1CN1CCCC(C)C1CO. The van der Waals surface area contributed by atoms with Crippen LogP contribution >= 0.6 is 0 Å². The number of aromatic nitrogens is 4. The Bertz CT molecular complexity index is 367. The number of hydrogen-bond donors (Lipinski definition) is 1. The Hall–Kier alpha value is -1.01. The number of aliphatic hydroxyl groups is 1. The maximum absolute atomic E-state index is 9.53. The van der Waals surface area contributed by atoms with Crippen molar-refractivity contribution in [1.82, 2.24) is 25.1 Å². The molecule has 0 aliphatic carbocycles. The molecule has 1 aliphatic rings. The van der Waals surface area contributed by atoms with Crippen molar-refractivity contribution in [2.24, 2.45) is 5.92 Å². The van der Waals surface area contributed by atoms with Crippen molar-refractivity contribution in [2.45, 2.75) is 52.2 Å². The average molecular weight is 253 g/mol. The van der Waals surface area contributed by atoms with Gasteiger partial charge in [-0.05, 0) is 42.2 Å². The average Bonchev–Trinajstić information content (AvgIpc) is 2.78. The van der Waals surface area contributed by atoms with E-state index in [0.717, 1.165) is 31.9 Å². The standard InChI is InChI=1S/C12H23N5O/c1-3-6-17-12(13-14-15-17)8-16-7-4-5-10(2)11(16)9-18/h10-11,18H,3-9H2,1-2H3. The first kappa shape index (κ1) is 13.4. The quantitative estimate of drug-likeness (QED) is 0.835. The summed E-state index contributed by atoms with van der Waals surface area (Å²) in [7, 11) is 0. The van der Waals surface area contributed by atoms with Crippen LogP contribution in [-0.4, -0.2) is 49.4 Å². The van der Waals surface area contributed by atoms with Gasteiger partial charge in [0.2, 0.25) is 0 Å². The summed E-state index contributed by atoms with van der Waals surface area (Å²) in [4.78, 5) is 2.31. The van der Waals surface area contributed by atoms with Crippen LogP contribution in [0, 0.1) is 5.92 Å². The highest BCUT2D eigenvalue weighted by atomic mass is 16.3. The minimum atomic E-state index is 0.219. The first-order valence-electron chi connectivity index (χ1n) is 6.86. The maximum Gasteiger partial charge on any atom is 0.165 e. The summed E-state index contributed by atoms with van der Waals surface area (Å²) >= 11 is 0. The monoisotopic (exact) mass is 253 g/mol. The number of rotatable bonds is 5. The molecule has 0 radical (unpaired) electrons. The van der Waals surface area contributed by atoms with Gasteiger partial charge in [0.15, 0.2) is 5.82 Å². The van der Waals surface area contributed by atoms with Gasteiger partial charge in [0.25, 0.3) is 0 Å². The fourth-order valence-corrected chi connectivity index (χ4v) is 2.73. The topological polar surface area (TPSA) is 67.1 Å². The fraction of sp³-hybridized carbons (Fsp3) is 0.917. The molecule has 2 unspecified atom stereocenters. The lowest BCUT2D eigenvalue weighted by Crippen LogP contribution is -2.46. The van der Waals surface area contributed by atoms with E-state index in [4.69, 9.17) is 0 Å². The second kappa shape index (κ2) is 6.24. The number of likely N-dealkylation sites (tertiary alicyclic amines) is 1. The molecular formula is C12H23N5O. The minimum Gasteiger partial charge on any atom is -0.395 e. The first-order chi connectivity index (χ1) is 8.76. The molecule has 0 aromatic carbocycles. The van der Waals surface area contributed by atoms with E-state index in [0.29, 0.717) is 5.92 Å². The number of nitrogens with zero attached hydrogens (tertiary/aromatic N) is 5. The summed E-state index contributed by atoms with van der Waals surface area (Å²) in [6.45, 7) is 7.16. The Morgan fingerprint density at radius 3 is 3.00 bits per heavy atom. The number of aryl methyl sites for hydroxylation is 1. The molecule has 2 rings (SSSR count). The Kier molecular flexibility index (Phi) is 4.66. The first-order valence-corrected chi connectivity index (χ1v) is 6.86. The molecule has 0 spiro atoms. The second-order valence-electron chi connectivity index (χ2n) is 5.16. The number of tetrazole rings is 1. The normalized spacial score (nSPS) is 25.5. The third kappa shape index (κ3) is 2.87. The second-order valence-corrected chi connectivity index (χ2v) is 5.16. The van der Waals surface area contributed by atoms with Gasteiger partial charge in [-0.1, -0.05) is 13.8 Å². The molecule has 0 saturated carbocycles. The summed E-state index contributed by atoms with van der Waals surface area (Å²) < 4.78 is 1.87. The van der Waals surface area contributed by atoms with Crippen LogP contribution in [0.3, 0.4) is 0 Å². The van der Waals surface area contributed by atoms with E-state index in [9.17, 15) is 5.11 Å². The molecule has 2 heterocycles. The smallest absolute Gasteiger partial charge is 0.165 e. The minimum absolute atomic E-state index is 0.219. The van der Waals surface area contributed by atoms with Gasteiger partial charge >= 0.3 is 0 Å². The van der Waals surface area contributed by atoms with Gasteiger partial charge in [0.05, 0.1) is 13.2 Å². The highest BCUT2D eigenvalue weighted by Crippen LogP contribution is 2.24. The molecule has 102 valence electrons. The molecular weight excluding hydrogens is 230 g/mol. The Labute approximate surface area is 108 Å². The van der Waals surface area contributed by atoms with Crippen LogP contribution in [0.15, 0.2) is 0 Å². The van der Waals surface area contributed by atoms with Gasteiger partial charge in [0, 0.05) is 12.6 Å². The Morgan fingerprint density at radius 1 is 1.44 bits per heavy atom. The van der Waals surface area contributed by atoms with Crippen molar-refractivity contribution >= 4 is 0 Å². The Morgan fingerprint density at radius 2 is 2.28 bits per heavy atom. The molecule has 1 aromatic rings. The van der Waals surface area contributed by atoms with Crippen LogP contribution in [0.1, 0.15) is 38.9 Å². The third-order valence-corrected chi connectivity index (χ3v) is 3.80. The summed E-state index contributed by atoms with van der Waals surface area (Å²) in [5, 5.41) is 21.4. The molecule has 18 heavy (non-hydrogen) atoms. The van der Waals surface area contributed by atoms with Crippen molar-refractivity contribution in [1.29, 1.82) is 0 Å². The Balaban J connectivity index is 2.04. The van der Waals surface area contributed by atoms with Crippen LogP contribution < -0.4 is 0 Å². The van der Waals surface area contributed by atoms with Crippen LogP contribution in [0.25, 0.3) is 0 Å². The molecule has 1 fully saturated rings. The molecule has 1 aliphatic heterocycles. The van der Waals surface area contributed by atoms with E-state index in [-0.39, 0.29) is 12.6 Å². The van der Waals surface area contributed by atoms with Crippen LogP contribution in [-0.2, 0) is 13.1 Å². The predicted molar refractivity (Wildman–Crippen MR) is 67.8 cm³/mol. The summed E-state index contributed by atoms with van der Waals surface area (Å²) in [6, 6.07) is 0.241. The largest absolute Gasteiger partial charge is 0.395 e. The molecule has 6 heteroatoms. The number of hydrogen-bond acceptors (Lipinski definition) is 5. The zero-order chi connectivity index (χ0) is 13.0. The molecule has 1 saturated heterocycles. The van der Waals surface area contributed by atoms with E-state index in [1.807, 2.05) is 4.68 Å². The van der Waals surface area contributed by atoms with E-state index < -0.39 is 0 Å². The van der Waals surface area contributed by atoms with Gasteiger partial charge < -0.3 is 5.11 Å². The van der Waals surface area contributed by atoms with Crippen molar-refractivity contribution in [3.63, 3.8) is 0 Å². The molecule has 0 amide bonds. The van der Waals surface area contributed by atoms with Gasteiger partial charge in [-0.3, -0.25) is 4.90 Å².